The molecule has 11 nitrogen and oxygen atoms in total. The largest absolute Gasteiger partial charge is 0.481 e. The first-order valence-electron chi connectivity index (χ1n) is 8.05. The fourth-order valence-electron chi connectivity index (χ4n) is 2.47. The summed E-state index contributed by atoms with van der Waals surface area (Å²) in [6.07, 6.45) is -3.34. The Morgan fingerprint density at radius 1 is 1.23 bits per heavy atom. The number of thioether (sulfide) groups is 1. The van der Waals surface area contributed by atoms with Gasteiger partial charge in [0.05, 0.1) is 6.61 Å². The first-order chi connectivity index (χ1) is 12.3. The molecule has 26 heavy (non-hydrogen) atoms. The lowest BCUT2D eigenvalue weighted by Crippen LogP contribution is -2.40. The standard InChI is InChI=1S/C14H21N3O8S/c18-6-7-9(21)10(22)13(25-7)17-14(24)15-11(23)12(16-17)26-5-3-1-2-4-8(19)20/h7,9-10,13,18,21-22H,1-6H2,(H,19,20)(H,15,23,24). The zero-order chi connectivity index (χ0) is 19.3. The van der Waals surface area contributed by atoms with Crippen molar-refractivity contribution in [1.29, 1.82) is 0 Å². The van der Waals surface area contributed by atoms with Gasteiger partial charge >= 0.3 is 11.7 Å². The maximum absolute atomic E-state index is 12.0. The Morgan fingerprint density at radius 2 is 1.96 bits per heavy atom. The third-order valence-electron chi connectivity index (χ3n) is 3.85. The van der Waals surface area contributed by atoms with E-state index in [-0.39, 0.29) is 11.4 Å². The summed E-state index contributed by atoms with van der Waals surface area (Å²) in [5, 5.41) is 41.3. The van der Waals surface area contributed by atoms with Crippen molar-refractivity contribution in [2.75, 3.05) is 12.4 Å². The van der Waals surface area contributed by atoms with E-state index in [4.69, 9.17) is 14.9 Å². The van der Waals surface area contributed by atoms with Crippen molar-refractivity contribution in [3.63, 3.8) is 0 Å². The maximum Gasteiger partial charge on any atom is 0.347 e. The predicted octanol–water partition coefficient (Wildman–Crippen LogP) is -1.72. The Balaban J connectivity index is 2.04. The number of aromatic nitrogens is 3. The minimum Gasteiger partial charge on any atom is -0.481 e. The topological polar surface area (TPSA) is 175 Å². The summed E-state index contributed by atoms with van der Waals surface area (Å²) in [5.41, 5.74) is -1.59. The van der Waals surface area contributed by atoms with Crippen LogP contribution in [-0.4, -0.2) is 71.8 Å². The molecule has 2 heterocycles. The Kier molecular flexibility index (Phi) is 7.34. The molecule has 1 aliphatic rings. The van der Waals surface area contributed by atoms with Gasteiger partial charge in [0.15, 0.2) is 11.3 Å². The lowest BCUT2D eigenvalue weighted by molar-refractivity contribution is -0.137. The smallest absolute Gasteiger partial charge is 0.347 e. The number of nitrogens with one attached hydrogen (secondary N) is 1. The first kappa shape index (κ1) is 20.6. The lowest BCUT2D eigenvalue weighted by atomic mass is 10.1. The molecule has 1 aromatic heterocycles. The maximum atomic E-state index is 12.0. The van der Waals surface area contributed by atoms with E-state index in [0.717, 1.165) is 16.4 Å². The second-order valence-corrected chi connectivity index (χ2v) is 6.87. The Labute approximate surface area is 151 Å². The molecule has 0 aromatic carbocycles. The third-order valence-corrected chi connectivity index (χ3v) is 4.89. The summed E-state index contributed by atoms with van der Waals surface area (Å²) in [7, 11) is 0. The van der Waals surface area contributed by atoms with Gasteiger partial charge < -0.3 is 25.2 Å². The summed E-state index contributed by atoms with van der Waals surface area (Å²) in [6, 6.07) is 0. The Morgan fingerprint density at radius 3 is 2.58 bits per heavy atom. The van der Waals surface area contributed by atoms with E-state index in [9.17, 15) is 24.6 Å². The molecule has 1 aromatic rings. The summed E-state index contributed by atoms with van der Waals surface area (Å²) < 4.78 is 5.97. The Hall–Kier alpha value is -1.73. The zero-order valence-corrected chi connectivity index (χ0v) is 14.6. The van der Waals surface area contributed by atoms with Crippen molar-refractivity contribution in [1.82, 2.24) is 14.8 Å². The molecule has 1 fully saturated rings. The van der Waals surface area contributed by atoms with Crippen molar-refractivity contribution >= 4 is 17.7 Å². The minimum atomic E-state index is -1.49. The van der Waals surface area contributed by atoms with Gasteiger partial charge in [0.25, 0.3) is 5.56 Å². The fraction of sp³-hybridized carbons (Fsp3) is 0.714. The van der Waals surface area contributed by atoms with Gasteiger partial charge in [-0.05, 0) is 18.6 Å². The number of hydrogen-bond acceptors (Lipinski definition) is 9. The number of aliphatic carboxylic acids is 1. The van der Waals surface area contributed by atoms with Gasteiger partial charge in [-0.2, -0.15) is 9.78 Å². The number of carbonyl (C=O) groups is 1. The van der Waals surface area contributed by atoms with E-state index in [1.807, 2.05) is 0 Å². The molecule has 4 unspecified atom stereocenters. The molecule has 12 heteroatoms. The van der Waals surface area contributed by atoms with Crippen LogP contribution in [-0.2, 0) is 9.53 Å². The van der Waals surface area contributed by atoms with Gasteiger partial charge in [-0.15, -0.1) is 0 Å². The van der Waals surface area contributed by atoms with Crippen LogP contribution in [0.1, 0.15) is 31.9 Å². The molecule has 0 amide bonds. The van der Waals surface area contributed by atoms with E-state index in [1.165, 1.54) is 0 Å². The molecule has 146 valence electrons. The van der Waals surface area contributed by atoms with Crippen LogP contribution in [0.25, 0.3) is 0 Å². The second kappa shape index (κ2) is 9.28. The average molecular weight is 391 g/mol. The van der Waals surface area contributed by atoms with Crippen LogP contribution in [0.4, 0.5) is 0 Å². The summed E-state index contributed by atoms with van der Waals surface area (Å²) in [5.74, 6) is -0.370. The van der Waals surface area contributed by atoms with Crippen LogP contribution in [0.5, 0.6) is 0 Å². The number of unbranched alkanes of at least 4 members (excludes halogenated alkanes) is 2. The SMILES string of the molecule is O=C(O)CCCCCSc1nn(C2OC(CO)C(O)C2O)c(=O)[nH]c1=O. The number of hydrogen-bond donors (Lipinski definition) is 5. The molecule has 2 rings (SSSR count). The minimum absolute atomic E-state index is 0.0134. The highest BCUT2D eigenvalue weighted by molar-refractivity contribution is 7.99. The molecule has 1 saturated heterocycles. The molecular weight excluding hydrogens is 370 g/mol. The van der Waals surface area contributed by atoms with Crippen molar-refractivity contribution in [2.24, 2.45) is 0 Å². The summed E-state index contributed by atoms with van der Waals surface area (Å²) in [6.45, 7) is -0.551. The number of aliphatic hydroxyl groups is 3. The average Bonchev–Trinajstić information content (AvgIpc) is 2.87. The van der Waals surface area contributed by atoms with Crippen molar-refractivity contribution in [2.45, 2.75) is 55.2 Å². The Bertz CT molecular complexity index is 736. The van der Waals surface area contributed by atoms with Crippen LogP contribution in [0, 0.1) is 0 Å². The van der Waals surface area contributed by atoms with Gasteiger partial charge in [-0.25, -0.2) is 4.79 Å². The van der Waals surface area contributed by atoms with E-state index in [2.05, 4.69) is 10.1 Å². The van der Waals surface area contributed by atoms with Crippen LogP contribution in [0.2, 0.25) is 0 Å². The molecule has 0 spiro atoms. The predicted molar refractivity (Wildman–Crippen MR) is 89.0 cm³/mol. The number of H-pyrrole nitrogens is 1. The third kappa shape index (κ3) is 4.92. The molecule has 0 radical (unpaired) electrons. The zero-order valence-electron chi connectivity index (χ0n) is 13.8. The second-order valence-electron chi connectivity index (χ2n) is 5.79. The molecule has 0 aliphatic carbocycles. The van der Waals surface area contributed by atoms with Crippen molar-refractivity contribution < 1.29 is 30.0 Å². The van der Waals surface area contributed by atoms with Crippen molar-refractivity contribution in [3.8, 4) is 0 Å². The molecule has 5 N–H and O–H groups in total. The van der Waals surface area contributed by atoms with Gasteiger partial charge in [0, 0.05) is 6.42 Å². The fourth-order valence-corrected chi connectivity index (χ4v) is 3.34. The van der Waals surface area contributed by atoms with Crippen molar-refractivity contribution in [3.05, 3.63) is 20.8 Å². The van der Waals surface area contributed by atoms with Crippen LogP contribution < -0.4 is 11.2 Å². The molecular formula is C14H21N3O8S. The van der Waals surface area contributed by atoms with Gasteiger partial charge in [-0.3, -0.25) is 14.6 Å². The first-order valence-corrected chi connectivity index (χ1v) is 9.04. The van der Waals surface area contributed by atoms with Crippen LogP contribution in [0.15, 0.2) is 14.6 Å². The summed E-state index contributed by atoms with van der Waals surface area (Å²) >= 11 is 1.09. The van der Waals surface area contributed by atoms with Gasteiger partial charge in [0.2, 0.25) is 0 Å². The monoisotopic (exact) mass is 391 g/mol. The van der Waals surface area contributed by atoms with E-state index < -0.39 is 48.4 Å². The molecule has 0 saturated carbocycles. The number of aromatic amines is 1. The number of ether oxygens (including phenoxy) is 1. The summed E-state index contributed by atoms with van der Waals surface area (Å²) in [4.78, 5) is 36.3. The highest BCUT2D eigenvalue weighted by Gasteiger charge is 2.44. The number of aliphatic hydroxyl groups excluding tert-OH is 3. The lowest BCUT2D eigenvalue weighted by Gasteiger charge is -2.16. The number of rotatable bonds is 9. The van der Waals surface area contributed by atoms with E-state index in [0.29, 0.717) is 25.0 Å². The number of carboxylic acid groups (broad SMARTS) is 1. The molecule has 4 atom stereocenters. The highest BCUT2D eigenvalue weighted by atomic mass is 32.2. The quantitative estimate of drug-likeness (QED) is 0.240. The van der Waals surface area contributed by atoms with E-state index in [1.54, 1.807) is 0 Å². The van der Waals surface area contributed by atoms with Crippen LogP contribution in [0.3, 0.4) is 0 Å². The molecule has 0 bridgehead atoms. The number of carboxylic acids is 1. The highest BCUT2D eigenvalue weighted by Crippen LogP contribution is 2.27. The van der Waals surface area contributed by atoms with E-state index >= 15 is 0 Å². The van der Waals surface area contributed by atoms with Gasteiger partial charge in [-0.1, -0.05) is 18.2 Å². The van der Waals surface area contributed by atoms with Gasteiger partial charge in [0.1, 0.15) is 18.3 Å². The molecule has 1 aliphatic heterocycles. The van der Waals surface area contributed by atoms with Crippen LogP contribution >= 0.6 is 11.8 Å². The normalized spacial score (nSPS) is 25.5. The number of nitrogens with zero attached hydrogens (tertiary/aromatic N) is 2.